The molecule has 112 valence electrons. The van der Waals surface area contributed by atoms with E-state index in [4.69, 9.17) is 0 Å². The lowest BCUT2D eigenvalue weighted by atomic mass is 9.50. The lowest BCUT2D eigenvalue weighted by Gasteiger charge is -2.55. The second kappa shape index (κ2) is 4.84. The molecule has 2 heteroatoms. The number of aliphatic hydroxyl groups is 2. The van der Waals surface area contributed by atoms with Crippen LogP contribution in [0.3, 0.4) is 0 Å². The molecule has 2 nitrogen and oxygen atoms in total. The fraction of sp³-hybridized carbons (Fsp3) is 0.889. The summed E-state index contributed by atoms with van der Waals surface area (Å²) in [5, 5.41) is 19.9. The molecule has 0 aromatic rings. The zero-order valence-electron chi connectivity index (χ0n) is 12.4. The predicted molar refractivity (Wildman–Crippen MR) is 78.8 cm³/mol. The van der Waals surface area contributed by atoms with Crippen LogP contribution in [0.15, 0.2) is 12.2 Å². The monoisotopic (exact) mass is 276 g/mol. The molecule has 0 heterocycles. The molecule has 0 amide bonds. The van der Waals surface area contributed by atoms with Gasteiger partial charge in [-0.1, -0.05) is 31.4 Å². The largest absolute Gasteiger partial charge is 0.367 e. The minimum Gasteiger partial charge on any atom is -0.367 e. The van der Waals surface area contributed by atoms with Crippen LogP contribution in [0, 0.1) is 35.0 Å². The van der Waals surface area contributed by atoms with E-state index in [1.165, 1.54) is 44.9 Å². The van der Waals surface area contributed by atoms with E-state index in [9.17, 15) is 10.2 Å². The Labute approximate surface area is 122 Å². The number of rotatable bonds is 1. The first-order chi connectivity index (χ1) is 9.72. The zero-order chi connectivity index (χ0) is 13.7. The van der Waals surface area contributed by atoms with Crippen molar-refractivity contribution in [2.45, 2.75) is 64.1 Å². The van der Waals surface area contributed by atoms with Crippen molar-refractivity contribution >= 4 is 0 Å². The molecule has 4 rings (SSSR count). The van der Waals surface area contributed by atoms with Crippen molar-refractivity contribution in [2.75, 3.05) is 0 Å². The van der Waals surface area contributed by atoms with E-state index in [0.29, 0.717) is 5.92 Å². The van der Waals surface area contributed by atoms with Crippen LogP contribution < -0.4 is 0 Å². The molecule has 0 aromatic carbocycles. The summed E-state index contributed by atoms with van der Waals surface area (Å²) in [6, 6.07) is 0. The molecule has 0 aliphatic heterocycles. The molecule has 20 heavy (non-hydrogen) atoms. The molecule has 0 spiro atoms. The number of hydrogen-bond acceptors (Lipinski definition) is 2. The summed E-state index contributed by atoms with van der Waals surface area (Å²) in [7, 11) is 0. The van der Waals surface area contributed by atoms with Gasteiger partial charge in [0.05, 0.1) is 0 Å². The highest BCUT2D eigenvalue weighted by molar-refractivity contribution is 5.17. The third kappa shape index (κ3) is 1.77. The van der Waals surface area contributed by atoms with E-state index in [2.05, 4.69) is 12.2 Å². The molecular weight excluding hydrogens is 248 g/mol. The zero-order valence-corrected chi connectivity index (χ0v) is 12.4. The van der Waals surface area contributed by atoms with Crippen molar-refractivity contribution < 1.29 is 10.2 Å². The van der Waals surface area contributed by atoms with E-state index in [1.807, 2.05) is 0 Å². The topological polar surface area (TPSA) is 40.5 Å². The van der Waals surface area contributed by atoms with E-state index >= 15 is 0 Å². The molecular formula is C18H28O2. The van der Waals surface area contributed by atoms with Gasteiger partial charge in [-0.2, -0.15) is 0 Å². The second-order valence-electron chi connectivity index (χ2n) is 7.88. The molecule has 3 fully saturated rings. The van der Waals surface area contributed by atoms with Gasteiger partial charge in [-0.05, 0) is 68.1 Å². The molecule has 3 saturated carbocycles. The van der Waals surface area contributed by atoms with Gasteiger partial charge in [-0.3, -0.25) is 0 Å². The van der Waals surface area contributed by atoms with Crippen molar-refractivity contribution in [1.29, 1.82) is 0 Å². The Bertz CT molecular complexity index is 402. The quantitative estimate of drug-likeness (QED) is 0.568. The molecule has 4 aliphatic rings. The van der Waals surface area contributed by atoms with Crippen LogP contribution >= 0.6 is 0 Å². The smallest absolute Gasteiger partial charge is 0.160 e. The summed E-state index contributed by atoms with van der Waals surface area (Å²) >= 11 is 0. The first kappa shape index (κ1) is 13.3. The average Bonchev–Trinajstić information content (AvgIpc) is 2.92. The van der Waals surface area contributed by atoms with Crippen LogP contribution in [0.5, 0.6) is 0 Å². The fourth-order valence-corrected chi connectivity index (χ4v) is 6.47. The van der Waals surface area contributed by atoms with Crippen molar-refractivity contribution in [3.05, 3.63) is 12.2 Å². The van der Waals surface area contributed by atoms with Crippen LogP contribution in [-0.4, -0.2) is 16.5 Å². The maximum absolute atomic E-state index is 9.97. The van der Waals surface area contributed by atoms with Crippen molar-refractivity contribution in [1.82, 2.24) is 0 Å². The van der Waals surface area contributed by atoms with Crippen molar-refractivity contribution in [2.24, 2.45) is 35.0 Å². The average molecular weight is 276 g/mol. The fourth-order valence-electron chi connectivity index (χ4n) is 6.47. The van der Waals surface area contributed by atoms with Gasteiger partial charge in [0, 0.05) is 5.41 Å². The van der Waals surface area contributed by atoms with Gasteiger partial charge in [-0.15, -0.1) is 0 Å². The van der Waals surface area contributed by atoms with E-state index in [1.54, 1.807) is 0 Å². The maximum Gasteiger partial charge on any atom is 0.160 e. The van der Waals surface area contributed by atoms with Gasteiger partial charge in [-0.25, -0.2) is 0 Å². The first-order valence-corrected chi connectivity index (χ1v) is 8.76. The lowest BCUT2D eigenvalue weighted by molar-refractivity contribution is -0.173. The molecule has 4 aliphatic carbocycles. The number of allylic oxidation sites excluding steroid dienone is 1. The summed E-state index contributed by atoms with van der Waals surface area (Å²) in [5.41, 5.74) is -0.303. The summed E-state index contributed by atoms with van der Waals surface area (Å²) in [6.45, 7) is 0. The molecule has 0 saturated heterocycles. The highest BCUT2D eigenvalue weighted by atomic mass is 16.5. The summed E-state index contributed by atoms with van der Waals surface area (Å²) < 4.78 is 0. The number of aliphatic hydroxyl groups excluding tert-OH is 1. The highest BCUT2D eigenvalue weighted by Gasteiger charge is 2.55. The van der Waals surface area contributed by atoms with Crippen LogP contribution in [0.1, 0.15) is 57.8 Å². The van der Waals surface area contributed by atoms with E-state index in [0.717, 1.165) is 36.5 Å². The summed E-state index contributed by atoms with van der Waals surface area (Å²) in [6.07, 6.45) is 15.0. The van der Waals surface area contributed by atoms with E-state index in [-0.39, 0.29) is 5.41 Å². The predicted octanol–water partition coefficient (Wildman–Crippen LogP) is 3.49. The standard InChI is InChI=1S/C18H28O2/c19-17(20)18-10-3-6-16(18)15-8-7-12-4-1-2-5-13(12)14(15)9-11-18/h3,10,12-17,19-20H,1-2,4-9,11H2/t12?,13-,14+,15+,16-,18+/m0/s1. The van der Waals surface area contributed by atoms with Gasteiger partial charge in [0.25, 0.3) is 0 Å². The Morgan fingerprint density at radius 3 is 2.60 bits per heavy atom. The molecule has 2 N–H and O–H groups in total. The van der Waals surface area contributed by atoms with Crippen LogP contribution in [-0.2, 0) is 0 Å². The molecule has 0 radical (unpaired) electrons. The van der Waals surface area contributed by atoms with Crippen LogP contribution in [0.4, 0.5) is 0 Å². The minimum absolute atomic E-state index is 0.303. The van der Waals surface area contributed by atoms with Crippen molar-refractivity contribution in [3.63, 3.8) is 0 Å². The molecule has 0 bridgehead atoms. The van der Waals surface area contributed by atoms with Crippen molar-refractivity contribution in [3.8, 4) is 0 Å². The van der Waals surface area contributed by atoms with Gasteiger partial charge in [0.15, 0.2) is 6.29 Å². The SMILES string of the molecule is OC(O)[C@@]12C=CC[C@H]1[C@@H]1CCC3CCCC[C@@H]3[C@H]1CC2. The van der Waals surface area contributed by atoms with Gasteiger partial charge in [0.1, 0.15) is 0 Å². The highest BCUT2D eigenvalue weighted by Crippen LogP contribution is 2.61. The second-order valence-corrected chi connectivity index (χ2v) is 7.88. The van der Waals surface area contributed by atoms with Crippen LogP contribution in [0.2, 0.25) is 0 Å². The third-order valence-electron chi connectivity index (χ3n) is 7.36. The number of fused-ring (bicyclic) bond motifs is 5. The van der Waals surface area contributed by atoms with E-state index < -0.39 is 6.29 Å². The molecule has 1 unspecified atom stereocenters. The Hall–Kier alpha value is -0.340. The Kier molecular flexibility index (Phi) is 3.23. The van der Waals surface area contributed by atoms with Crippen LogP contribution in [0.25, 0.3) is 0 Å². The third-order valence-corrected chi connectivity index (χ3v) is 7.36. The minimum atomic E-state index is -1.16. The maximum atomic E-state index is 9.97. The van der Waals surface area contributed by atoms with Gasteiger partial charge < -0.3 is 10.2 Å². The lowest BCUT2D eigenvalue weighted by Crippen LogP contribution is -2.51. The summed E-state index contributed by atoms with van der Waals surface area (Å²) in [4.78, 5) is 0. The normalized spacial score (nSPS) is 50.6. The Morgan fingerprint density at radius 2 is 1.75 bits per heavy atom. The first-order valence-electron chi connectivity index (χ1n) is 8.76. The van der Waals surface area contributed by atoms with Gasteiger partial charge >= 0.3 is 0 Å². The van der Waals surface area contributed by atoms with Gasteiger partial charge in [0.2, 0.25) is 0 Å². The Morgan fingerprint density at radius 1 is 0.900 bits per heavy atom. The molecule has 0 aromatic heterocycles. The molecule has 6 atom stereocenters. The summed E-state index contributed by atoms with van der Waals surface area (Å²) in [5.74, 6) is 4.08. The Balaban J connectivity index is 1.60. The number of hydrogen-bond donors (Lipinski definition) is 2.